The van der Waals surface area contributed by atoms with E-state index in [9.17, 15) is 9.41 Å². The van der Waals surface area contributed by atoms with Gasteiger partial charge in [-0.3, -0.25) is 0 Å². The fraction of sp³-hybridized carbons (Fsp3) is 0.143. The predicted molar refractivity (Wildman–Crippen MR) is 85.6 cm³/mol. The maximum Gasteiger partial charge on any atom is 0.409 e. The Morgan fingerprint density at radius 2 is 1.68 bits per heavy atom. The Labute approximate surface area is 126 Å². The molecule has 0 aliphatic rings. The first-order chi connectivity index (χ1) is 9.06. The van der Waals surface area contributed by atoms with Gasteiger partial charge >= 0.3 is 7.05 Å². The molecule has 0 aliphatic carbocycles. The molecule has 2 aromatic carbocycles. The van der Waals surface area contributed by atoms with Crippen LogP contribution in [-0.2, 0) is 6.54 Å². The molecule has 98 valence electrons. The average Bonchev–Trinajstić information content (AvgIpc) is 2.39. The van der Waals surface area contributed by atoms with E-state index in [0.717, 1.165) is 11.3 Å². The van der Waals surface area contributed by atoms with Crippen molar-refractivity contribution in [2.75, 3.05) is 4.81 Å². The van der Waals surface area contributed by atoms with Crippen LogP contribution in [0.5, 0.6) is 0 Å². The summed E-state index contributed by atoms with van der Waals surface area (Å²) in [6, 6.07) is 14.3. The maximum absolute atomic E-state index is 12.9. The topological polar surface area (TPSA) is 23.5 Å². The Kier molecular flexibility index (Phi) is 4.82. The summed E-state index contributed by atoms with van der Waals surface area (Å²) >= 11 is 2.25. The van der Waals surface area contributed by atoms with Crippen LogP contribution in [0.3, 0.4) is 0 Å². The molecule has 0 saturated carbocycles. The summed E-state index contributed by atoms with van der Waals surface area (Å²) < 4.78 is 14.1. The summed E-state index contributed by atoms with van der Waals surface area (Å²) in [7, 11) is -0.635. The maximum atomic E-state index is 12.9. The second-order valence-corrected chi connectivity index (χ2v) is 5.61. The molecular formula is C14H14BFINO. The standard InChI is InChI=1S/C14H14BFINO/c1-15(19)18(14-8-4-12(16)5-9-14)10-11-2-6-13(17)7-3-11/h2-9,19H,10H2,1H3. The summed E-state index contributed by atoms with van der Waals surface area (Å²) in [5.74, 6) is -0.274. The monoisotopic (exact) mass is 369 g/mol. The van der Waals surface area contributed by atoms with Crippen molar-refractivity contribution in [2.45, 2.75) is 13.4 Å². The zero-order valence-electron chi connectivity index (χ0n) is 10.6. The zero-order valence-corrected chi connectivity index (χ0v) is 12.7. The minimum absolute atomic E-state index is 0.274. The van der Waals surface area contributed by atoms with E-state index in [4.69, 9.17) is 0 Å². The van der Waals surface area contributed by atoms with E-state index in [0.29, 0.717) is 6.54 Å². The number of rotatable bonds is 4. The number of benzene rings is 2. The van der Waals surface area contributed by atoms with E-state index < -0.39 is 7.05 Å². The Hall–Kier alpha value is -1.08. The SMILES string of the molecule is CB(O)N(Cc1ccc(I)cc1)c1ccc(F)cc1. The van der Waals surface area contributed by atoms with Crippen LogP contribution in [-0.4, -0.2) is 12.1 Å². The van der Waals surface area contributed by atoms with E-state index in [-0.39, 0.29) is 5.82 Å². The fourth-order valence-electron chi connectivity index (χ4n) is 1.86. The lowest BCUT2D eigenvalue weighted by Gasteiger charge is -2.26. The summed E-state index contributed by atoms with van der Waals surface area (Å²) in [5.41, 5.74) is 1.90. The van der Waals surface area contributed by atoms with Gasteiger partial charge in [-0.1, -0.05) is 12.1 Å². The molecule has 0 saturated heterocycles. The quantitative estimate of drug-likeness (QED) is 0.659. The van der Waals surface area contributed by atoms with Crippen molar-refractivity contribution in [2.24, 2.45) is 0 Å². The number of halogens is 2. The third-order valence-corrected chi connectivity index (χ3v) is 3.59. The molecule has 1 N–H and O–H groups in total. The van der Waals surface area contributed by atoms with Crippen LogP contribution in [0.2, 0.25) is 6.82 Å². The smallest absolute Gasteiger partial charge is 0.409 e. The molecule has 0 heterocycles. The minimum atomic E-state index is -0.635. The summed E-state index contributed by atoms with van der Waals surface area (Å²) in [5, 5.41) is 9.88. The van der Waals surface area contributed by atoms with Crippen molar-refractivity contribution in [1.29, 1.82) is 0 Å². The molecule has 2 nitrogen and oxygen atoms in total. The molecule has 0 radical (unpaired) electrons. The molecule has 0 bridgehead atoms. The van der Waals surface area contributed by atoms with Crippen LogP contribution < -0.4 is 4.81 Å². The normalized spacial score (nSPS) is 10.3. The molecule has 2 rings (SSSR count). The summed E-state index contributed by atoms with van der Waals surface area (Å²) in [6.07, 6.45) is 0. The van der Waals surface area contributed by atoms with E-state index in [1.54, 1.807) is 19.0 Å². The van der Waals surface area contributed by atoms with Crippen LogP contribution in [0.4, 0.5) is 10.1 Å². The lowest BCUT2D eigenvalue weighted by molar-refractivity contribution is 0.568. The highest BCUT2D eigenvalue weighted by Gasteiger charge is 2.17. The van der Waals surface area contributed by atoms with Crippen molar-refractivity contribution >= 4 is 35.3 Å². The average molecular weight is 369 g/mol. The minimum Gasteiger partial charge on any atom is -0.432 e. The highest BCUT2D eigenvalue weighted by atomic mass is 127. The molecule has 2 aromatic rings. The van der Waals surface area contributed by atoms with E-state index in [1.807, 2.05) is 29.1 Å². The first-order valence-corrected chi connectivity index (χ1v) is 7.09. The largest absolute Gasteiger partial charge is 0.432 e. The second kappa shape index (κ2) is 6.39. The predicted octanol–water partition coefficient (Wildman–Crippen LogP) is 3.55. The third kappa shape index (κ3) is 3.94. The van der Waals surface area contributed by atoms with Crippen LogP contribution in [0.25, 0.3) is 0 Å². The van der Waals surface area contributed by atoms with E-state index in [2.05, 4.69) is 22.6 Å². The van der Waals surface area contributed by atoms with E-state index in [1.165, 1.54) is 15.7 Å². The molecule has 19 heavy (non-hydrogen) atoms. The van der Waals surface area contributed by atoms with Crippen LogP contribution in [0, 0.1) is 9.39 Å². The molecule has 0 fully saturated rings. The highest BCUT2D eigenvalue weighted by molar-refractivity contribution is 14.1. The Morgan fingerprint density at radius 3 is 2.21 bits per heavy atom. The number of anilines is 1. The number of hydrogen-bond donors (Lipinski definition) is 1. The zero-order chi connectivity index (χ0) is 13.8. The van der Waals surface area contributed by atoms with Gasteiger partial charge in [0.15, 0.2) is 0 Å². The Morgan fingerprint density at radius 1 is 1.11 bits per heavy atom. The lowest BCUT2D eigenvalue weighted by Crippen LogP contribution is -2.36. The summed E-state index contributed by atoms with van der Waals surface area (Å²) in [6.45, 7) is 2.29. The second-order valence-electron chi connectivity index (χ2n) is 4.36. The van der Waals surface area contributed by atoms with Gasteiger partial charge in [0.2, 0.25) is 0 Å². The van der Waals surface area contributed by atoms with Gasteiger partial charge in [0, 0.05) is 15.8 Å². The molecule has 0 aliphatic heterocycles. The first-order valence-electron chi connectivity index (χ1n) is 6.01. The Bertz CT molecular complexity index is 530. The van der Waals surface area contributed by atoms with Crippen LogP contribution >= 0.6 is 22.6 Å². The van der Waals surface area contributed by atoms with Gasteiger partial charge in [-0.25, -0.2) is 4.39 Å². The molecule has 0 atom stereocenters. The van der Waals surface area contributed by atoms with Crippen molar-refractivity contribution in [1.82, 2.24) is 0 Å². The van der Waals surface area contributed by atoms with E-state index >= 15 is 0 Å². The van der Waals surface area contributed by atoms with Gasteiger partial charge in [0.05, 0.1) is 0 Å². The van der Waals surface area contributed by atoms with Gasteiger partial charge in [-0.05, 0) is 71.4 Å². The lowest BCUT2D eigenvalue weighted by atomic mass is 9.83. The fourth-order valence-corrected chi connectivity index (χ4v) is 2.22. The molecule has 0 unspecified atom stereocenters. The van der Waals surface area contributed by atoms with Crippen LogP contribution in [0.1, 0.15) is 5.56 Å². The molecular weight excluding hydrogens is 355 g/mol. The van der Waals surface area contributed by atoms with Gasteiger partial charge in [-0.2, -0.15) is 0 Å². The molecule has 0 aromatic heterocycles. The summed E-state index contributed by atoms with van der Waals surface area (Å²) in [4.78, 5) is 1.82. The highest BCUT2D eigenvalue weighted by Crippen LogP contribution is 2.19. The Balaban J connectivity index is 2.21. The van der Waals surface area contributed by atoms with Gasteiger partial charge in [0.25, 0.3) is 0 Å². The first kappa shape index (κ1) is 14.3. The number of nitrogens with zero attached hydrogens (tertiary/aromatic N) is 1. The molecule has 0 spiro atoms. The third-order valence-electron chi connectivity index (χ3n) is 2.88. The van der Waals surface area contributed by atoms with Crippen LogP contribution in [0.15, 0.2) is 48.5 Å². The molecule has 0 amide bonds. The van der Waals surface area contributed by atoms with Crippen molar-refractivity contribution < 1.29 is 9.41 Å². The molecule has 5 heteroatoms. The number of hydrogen-bond acceptors (Lipinski definition) is 2. The van der Waals surface area contributed by atoms with Crippen molar-refractivity contribution in [3.05, 3.63) is 63.5 Å². The van der Waals surface area contributed by atoms with Gasteiger partial charge < -0.3 is 9.83 Å². The van der Waals surface area contributed by atoms with Crippen molar-refractivity contribution in [3.8, 4) is 0 Å². The van der Waals surface area contributed by atoms with Gasteiger partial charge in [0.1, 0.15) is 5.82 Å². The van der Waals surface area contributed by atoms with Crippen molar-refractivity contribution in [3.63, 3.8) is 0 Å². The van der Waals surface area contributed by atoms with Gasteiger partial charge in [-0.15, -0.1) is 0 Å².